The van der Waals surface area contributed by atoms with E-state index in [0.717, 1.165) is 25.0 Å². The Labute approximate surface area is 107 Å². The third kappa shape index (κ3) is 3.68. The second kappa shape index (κ2) is 6.15. The van der Waals surface area contributed by atoms with Gasteiger partial charge in [0.25, 0.3) is 0 Å². The molecule has 0 spiro atoms. The van der Waals surface area contributed by atoms with E-state index in [1.165, 1.54) is 6.07 Å². The standard InChI is InChI=1S/C12H19FN2O2S/c1-3-5-10(4-2)15-18(16,17)12-8-9(13)6-7-11(12)14/h6-8,10,15H,3-5,14H2,1-2H3. The lowest BCUT2D eigenvalue weighted by Crippen LogP contribution is -2.34. The van der Waals surface area contributed by atoms with E-state index < -0.39 is 15.8 Å². The summed E-state index contributed by atoms with van der Waals surface area (Å²) in [6.45, 7) is 3.88. The fourth-order valence-electron chi connectivity index (χ4n) is 1.72. The lowest BCUT2D eigenvalue weighted by molar-refractivity contribution is 0.512. The van der Waals surface area contributed by atoms with Crippen molar-refractivity contribution in [2.45, 2.75) is 44.0 Å². The summed E-state index contributed by atoms with van der Waals surface area (Å²) in [5.74, 6) is -0.617. The number of benzene rings is 1. The average molecular weight is 274 g/mol. The molecule has 0 aliphatic rings. The predicted octanol–water partition coefficient (Wildman–Crippen LogP) is 2.26. The number of sulfonamides is 1. The monoisotopic (exact) mass is 274 g/mol. The summed E-state index contributed by atoms with van der Waals surface area (Å²) in [7, 11) is -3.76. The zero-order valence-corrected chi connectivity index (χ0v) is 11.4. The van der Waals surface area contributed by atoms with Crippen LogP contribution >= 0.6 is 0 Å². The van der Waals surface area contributed by atoms with Gasteiger partial charge in [0.05, 0.1) is 5.69 Å². The number of nitrogens with two attached hydrogens (primary N) is 1. The van der Waals surface area contributed by atoms with Gasteiger partial charge in [0.1, 0.15) is 10.7 Å². The predicted molar refractivity (Wildman–Crippen MR) is 70.1 cm³/mol. The normalized spacial score (nSPS) is 13.5. The van der Waals surface area contributed by atoms with Crippen molar-refractivity contribution in [1.29, 1.82) is 0 Å². The minimum absolute atomic E-state index is 0.0512. The lowest BCUT2D eigenvalue weighted by atomic mass is 10.1. The van der Waals surface area contributed by atoms with E-state index in [2.05, 4.69) is 4.72 Å². The van der Waals surface area contributed by atoms with Crippen LogP contribution in [0.4, 0.5) is 10.1 Å². The molecule has 0 aromatic heterocycles. The summed E-state index contributed by atoms with van der Waals surface area (Å²) in [5.41, 5.74) is 5.63. The Morgan fingerprint density at radius 1 is 1.39 bits per heavy atom. The molecule has 0 radical (unpaired) electrons. The number of halogens is 1. The first kappa shape index (κ1) is 14.9. The van der Waals surface area contributed by atoms with Gasteiger partial charge in [0, 0.05) is 6.04 Å². The highest BCUT2D eigenvalue weighted by molar-refractivity contribution is 7.89. The van der Waals surface area contributed by atoms with Crippen LogP contribution in [-0.4, -0.2) is 14.5 Å². The van der Waals surface area contributed by atoms with E-state index in [4.69, 9.17) is 5.73 Å². The molecule has 0 bridgehead atoms. The zero-order valence-electron chi connectivity index (χ0n) is 10.6. The Hall–Kier alpha value is -1.14. The number of hydrogen-bond donors (Lipinski definition) is 2. The highest BCUT2D eigenvalue weighted by Crippen LogP contribution is 2.20. The topological polar surface area (TPSA) is 72.2 Å². The number of hydrogen-bond acceptors (Lipinski definition) is 3. The van der Waals surface area contributed by atoms with Crippen molar-refractivity contribution >= 4 is 15.7 Å². The van der Waals surface area contributed by atoms with Crippen LogP contribution in [0.1, 0.15) is 33.1 Å². The fraction of sp³-hybridized carbons (Fsp3) is 0.500. The Morgan fingerprint density at radius 2 is 2.06 bits per heavy atom. The molecule has 102 valence electrons. The zero-order chi connectivity index (χ0) is 13.8. The molecule has 0 aliphatic heterocycles. The van der Waals surface area contributed by atoms with Crippen LogP contribution < -0.4 is 10.5 Å². The molecule has 1 aromatic carbocycles. The Kier molecular flexibility index (Phi) is 5.10. The maximum atomic E-state index is 13.1. The van der Waals surface area contributed by atoms with E-state index in [-0.39, 0.29) is 16.6 Å². The first-order chi connectivity index (χ1) is 8.40. The van der Waals surface area contributed by atoms with E-state index in [1.54, 1.807) is 0 Å². The minimum atomic E-state index is -3.76. The molecule has 6 heteroatoms. The van der Waals surface area contributed by atoms with Crippen molar-refractivity contribution in [2.24, 2.45) is 0 Å². The Morgan fingerprint density at radius 3 is 2.61 bits per heavy atom. The second-order valence-electron chi connectivity index (χ2n) is 4.20. The van der Waals surface area contributed by atoms with Gasteiger partial charge in [-0.3, -0.25) is 0 Å². The average Bonchev–Trinajstić information content (AvgIpc) is 2.31. The molecule has 18 heavy (non-hydrogen) atoms. The van der Waals surface area contributed by atoms with E-state index >= 15 is 0 Å². The van der Waals surface area contributed by atoms with Gasteiger partial charge < -0.3 is 5.73 Å². The van der Waals surface area contributed by atoms with Crippen LogP contribution in [0.25, 0.3) is 0 Å². The van der Waals surface area contributed by atoms with Crippen LogP contribution in [0.3, 0.4) is 0 Å². The van der Waals surface area contributed by atoms with Gasteiger partial charge in [-0.1, -0.05) is 20.3 Å². The summed E-state index contributed by atoms with van der Waals surface area (Å²) in [5, 5.41) is 0. The fourth-order valence-corrected chi connectivity index (χ4v) is 3.22. The van der Waals surface area contributed by atoms with Crippen molar-refractivity contribution in [2.75, 3.05) is 5.73 Å². The van der Waals surface area contributed by atoms with Gasteiger partial charge in [0.15, 0.2) is 0 Å². The van der Waals surface area contributed by atoms with Gasteiger partial charge in [0.2, 0.25) is 10.0 Å². The molecule has 4 nitrogen and oxygen atoms in total. The SMILES string of the molecule is CCCC(CC)NS(=O)(=O)c1cc(F)ccc1N. The van der Waals surface area contributed by atoms with Gasteiger partial charge in [-0.25, -0.2) is 17.5 Å². The Bertz CT molecular complexity index is 503. The van der Waals surface area contributed by atoms with Crippen LogP contribution in [-0.2, 0) is 10.0 Å². The number of nitrogen functional groups attached to an aromatic ring is 1. The van der Waals surface area contributed by atoms with Gasteiger partial charge in [-0.2, -0.15) is 0 Å². The molecular weight excluding hydrogens is 255 g/mol. The van der Waals surface area contributed by atoms with Gasteiger partial charge >= 0.3 is 0 Å². The Balaban J connectivity index is 3.02. The number of rotatable bonds is 6. The van der Waals surface area contributed by atoms with Crippen molar-refractivity contribution in [3.63, 3.8) is 0 Å². The summed E-state index contributed by atoms with van der Waals surface area (Å²) in [6, 6.07) is 3.18. The highest BCUT2D eigenvalue weighted by atomic mass is 32.2. The summed E-state index contributed by atoms with van der Waals surface area (Å²) in [6.07, 6.45) is 2.30. The van der Waals surface area contributed by atoms with Crippen LogP contribution in [0.5, 0.6) is 0 Å². The molecule has 0 saturated heterocycles. The van der Waals surface area contributed by atoms with E-state index in [0.29, 0.717) is 6.42 Å². The number of anilines is 1. The molecule has 0 heterocycles. The minimum Gasteiger partial charge on any atom is -0.398 e. The lowest BCUT2D eigenvalue weighted by Gasteiger charge is -2.17. The maximum Gasteiger partial charge on any atom is 0.242 e. The first-order valence-electron chi connectivity index (χ1n) is 5.98. The summed E-state index contributed by atoms with van der Waals surface area (Å²) >= 11 is 0. The summed E-state index contributed by atoms with van der Waals surface area (Å²) < 4.78 is 39.8. The first-order valence-corrected chi connectivity index (χ1v) is 7.46. The molecule has 0 fully saturated rings. The molecule has 1 unspecified atom stereocenters. The van der Waals surface area contributed by atoms with Crippen molar-refractivity contribution in [1.82, 2.24) is 4.72 Å². The highest BCUT2D eigenvalue weighted by Gasteiger charge is 2.21. The largest absolute Gasteiger partial charge is 0.398 e. The summed E-state index contributed by atoms with van der Waals surface area (Å²) in [4.78, 5) is -0.197. The van der Waals surface area contributed by atoms with E-state index in [1.807, 2.05) is 13.8 Å². The molecule has 1 aromatic rings. The quantitative estimate of drug-likeness (QED) is 0.782. The molecule has 0 aliphatic carbocycles. The molecule has 0 amide bonds. The van der Waals surface area contributed by atoms with Gasteiger partial charge in [-0.05, 0) is 31.0 Å². The maximum absolute atomic E-state index is 13.1. The van der Waals surface area contributed by atoms with Gasteiger partial charge in [-0.15, -0.1) is 0 Å². The molecular formula is C12H19FN2O2S. The second-order valence-corrected chi connectivity index (χ2v) is 5.88. The van der Waals surface area contributed by atoms with Crippen molar-refractivity contribution in [3.8, 4) is 0 Å². The molecule has 1 atom stereocenters. The molecule has 3 N–H and O–H groups in total. The number of nitrogens with one attached hydrogen (secondary N) is 1. The smallest absolute Gasteiger partial charge is 0.242 e. The van der Waals surface area contributed by atoms with Crippen LogP contribution in [0.15, 0.2) is 23.1 Å². The van der Waals surface area contributed by atoms with E-state index in [9.17, 15) is 12.8 Å². The molecule has 0 saturated carbocycles. The van der Waals surface area contributed by atoms with Crippen LogP contribution in [0, 0.1) is 5.82 Å². The van der Waals surface area contributed by atoms with Crippen molar-refractivity contribution in [3.05, 3.63) is 24.0 Å². The third-order valence-corrected chi connectivity index (χ3v) is 4.29. The van der Waals surface area contributed by atoms with Crippen LogP contribution in [0.2, 0.25) is 0 Å². The third-order valence-electron chi connectivity index (χ3n) is 2.72. The van der Waals surface area contributed by atoms with Crippen molar-refractivity contribution < 1.29 is 12.8 Å². The molecule has 1 rings (SSSR count).